The molecule has 1 nitrogen and oxygen atoms in total. The van der Waals surface area contributed by atoms with E-state index in [2.05, 4.69) is 44.2 Å². The lowest BCUT2D eigenvalue weighted by Gasteiger charge is -2.07. The molecule has 0 heterocycles. The molecular formula is C19H28O. The van der Waals surface area contributed by atoms with Gasteiger partial charge in [0.15, 0.2) is 0 Å². The van der Waals surface area contributed by atoms with Crippen molar-refractivity contribution in [2.45, 2.75) is 52.4 Å². The summed E-state index contributed by atoms with van der Waals surface area (Å²) in [5.41, 5.74) is 2.73. The number of ether oxygens (including phenoxy) is 1. The summed E-state index contributed by atoms with van der Waals surface area (Å²) in [6.07, 6.45) is 14.1. The molecule has 0 bridgehead atoms. The molecule has 20 heavy (non-hydrogen) atoms. The topological polar surface area (TPSA) is 9.23 Å². The molecule has 0 saturated carbocycles. The Bertz CT molecular complexity index is 412. The van der Waals surface area contributed by atoms with Gasteiger partial charge in [-0.25, -0.2) is 0 Å². The van der Waals surface area contributed by atoms with Gasteiger partial charge in [-0.3, -0.25) is 0 Å². The van der Waals surface area contributed by atoms with Crippen LogP contribution in [0.2, 0.25) is 0 Å². The van der Waals surface area contributed by atoms with E-state index in [1.807, 2.05) is 12.1 Å². The lowest BCUT2D eigenvalue weighted by atomic mass is 10.00. The SMILES string of the molecule is CCC/C=C/C/C(=C\CCCC)c1ccc(OC)cc1. The first-order valence-corrected chi connectivity index (χ1v) is 7.80. The molecule has 1 rings (SSSR count). The van der Waals surface area contributed by atoms with Gasteiger partial charge in [0.25, 0.3) is 0 Å². The fourth-order valence-electron chi connectivity index (χ4n) is 2.10. The highest BCUT2D eigenvalue weighted by molar-refractivity contribution is 5.67. The molecule has 0 atom stereocenters. The predicted octanol–water partition coefficient (Wildman–Crippen LogP) is 6.02. The van der Waals surface area contributed by atoms with E-state index in [0.29, 0.717) is 0 Å². The van der Waals surface area contributed by atoms with E-state index < -0.39 is 0 Å². The van der Waals surface area contributed by atoms with Crippen molar-refractivity contribution >= 4 is 5.57 Å². The van der Waals surface area contributed by atoms with Crippen molar-refractivity contribution in [3.63, 3.8) is 0 Å². The molecule has 0 aliphatic rings. The molecule has 0 unspecified atom stereocenters. The average Bonchev–Trinajstić information content (AvgIpc) is 2.50. The first-order chi connectivity index (χ1) is 9.81. The van der Waals surface area contributed by atoms with Gasteiger partial charge in [0, 0.05) is 0 Å². The summed E-state index contributed by atoms with van der Waals surface area (Å²) in [4.78, 5) is 0. The average molecular weight is 272 g/mol. The molecule has 0 radical (unpaired) electrons. The monoisotopic (exact) mass is 272 g/mol. The lowest BCUT2D eigenvalue weighted by Crippen LogP contribution is -1.87. The molecule has 0 saturated heterocycles. The minimum Gasteiger partial charge on any atom is -0.497 e. The maximum absolute atomic E-state index is 5.23. The largest absolute Gasteiger partial charge is 0.497 e. The Kier molecular flexibility index (Phi) is 8.53. The first kappa shape index (κ1) is 16.6. The van der Waals surface area contributed by atoms with Crippen molar-refractivity contribution in [3.8, 4) is 5.75 Å². The Hall–Kier alpha value is -1.50. The van der Waals surface area contributed by atoms with E-state index in [9.17, 15) is 0 Å². The number of benzene rings is 1. The second-order valence-electron chi connectivity index (χ2n) is 5.06. The number of hydrogen-bond donors (Lipinski definition) is 0. The zero-order valence-corrected chi connectivity index (χ0v) is 13.2. The Balaban J connectivity index is 2.76. The highest BCUT2D eigenvalue weighted by Crippen LogP contribution is 2.23. The summed E-state index contributed by atoms with van der Waals surface area (Å²) in [6, 6.07) is 8.39. The van der Waals surface area contributed by atoms with Gasteiger partial charge in [-0.15, -0.1) is 0 Å². The molecule has 1 aromatic carbocycles. The predicted molar refractivity (Wildman–Crippen MR) is 89.2 cm³/mol. The third-order valence-corrected chi connectivity index (χ3v) is 3.37. The second kappa shape index (κ2) is 10.3. The van der Waals surface area contributed by atoms with Crippen molar-refractivity contribution in [1.29, 1.82) is 0 Å². The van der Waals surface area contributed by atoms with Crippen LogP contribution in [0, 0.1) is 0 Å². The highest BCUT2D eigenvalue weighted by Gasteiger charge is 2.00. The van der Waals surface area contributed by atoms with Gasteiger partial charge >= 0.3 is 0 Å². The van der Waals surface area contributed by atoms with Crippen LogP contribution in [-0.2, 0) is 0 Å². The summed E-state index contributed by atoms with van der Waals surface area (Å²) in [6.45, 7) is 4.45. The van der Waals surface area contributed by atoms with Crippen molar-refractivity contribution in [2.75, 3.05) is 7.11 Å². The molecule has 0 fully saturated rings. The van der Waals surface area contributed by atoms with Crippen molar-refractivity contribution < 1.29 is 4.74 Å². The second-order valence-corrected chi connectivity index (χ2v) is 5.06. The minimum absolute atomic E-state index is 0.920. The lowest BCUT2D eigenvalue weighted by molar-refractivity contribution is 0.415. The summed E-state index contributed by atoms with van der Waals surface area (Å²) in [5.74, 6) is 0.920. The Morgan fingerprint density at radius 2 is 1.75 bits per heavy atom. The summed E-state index contributed by atoms with van der Waals surface area (Å²) in [5, 5.41) is 0. The summed E-state index contributed by atoms with van der Waals surface area (Å²) < 4.78 is 5.23. The summed E-state index contributed by atoms with van der Waals surface area (Å²) in [7, 11) is 1.71. The Morgan fingerprint density at radius 1 is 1.00 bits per heavy atom. The zero-order chi connectivity index (χ0) is 14.6. The molecule has 0 aliphatic heterocycles. The maximum atomic E-state index is 5.23. The molecule has 0 aromatic heterocycles. The van der Waals surface area contributed by atoms with Gasteiger partial charge in [-0.2, -0.15) is 0 Å². The van der Waals surface area contributed by atoms with E-state index in [1.54, 1.807) is 7.11 Å². The standard InChI is InChI=1S/C19H28O/c1-4-6-8-10-12-17(11-9-7-5-2)18-13-15-19(20-3)16-14-18/h8,10-11,13-16H,4-7,9,12H2,1-3H3/b10-8+,17-11+. The van der Waals surface area contributed by atoms with Crippen LogP contribution in [0.3, 0.4) is 0 Å². The van der Waals surface area contributed by atoms with Crippen LogP contribution >= 0.6 is 0 Å². The first-order valence-electron chi connectivity index (χ1n) is 7.80. The van der Waals surface area contributed by atoms with Crippen molar-refractivity contribution in [3.05, 3.63) is 48.1 Å². The molecular weight excluding hydrogens is 244 g/mol. The van der Waals surface area contributed by atoms with Crippen LogP contribution in [0.5, 0.6) is 5.75 Å². The van der Waals surface area contributed by atoms with E-state index in [1.165, 1.54) is 43.2 Å². The van der Waals surface area contributed by atoms with Crippen LogP contribution < -0.4 is 4.74 Å². The smallest absolute Gasteiger partial charge is 0.118 e. The van der Waals surface area contributed by atoms with Crippen LogP contribution in [0.25, 0.3) is 5.57 Å². The van der Waals surface area contributed by atoms with Crippen molar-refractivity contribution in [1.82, 2.24) is 0 Å². The van der Waals surface area contributed by atoms with Gasteiger partial charge in [0.1, 0.15) is 5.75 Å². The van der Waals surface area contributed by atoms with Gasteiger partial charge < -0.3 is 4.74 Å². The van der Waals surface area contributed by atoms with Crippen LogP contribution in [-0.4, -0.2) is 7.11 Å². The van der Waals surface area contributed by atoms with Crippen LogP contribution in [0.1, 0.15) is 57.9 Å². The number of methoxy groups -OCH3 is 1. The molecule has 1 heteroatoms. The number of rotatable bonds is 9. The molecule has 110 valence electrons. The molecule has 0 aliphatic carbocycles. The van der Waals surface area contributed by atoms with Crippen LogP contribution in [0.15, 0.2) is 42.5 Å². The maximum Gasteiger partial charge on any atom is 0.118 e. The van der Waals surface area contributed by atoms with E-state index in [-0.39, 0.29) is 0 Å². The molecule has 0 amide bonds. The van der Waals surface area contributed by atoms with Gasteiger partial charge in [0.05, 0.1) is 7.11 Å². The summed E-state index contributed by atoms with van der Waals surface area (Å²) >= 11 is 0. The molecule has 1 aromatic rings. The fraction of sp³-hybridized carbons (Fsp3) is 0.474. The van der Waals surface area contributed by atoms with E-state index >= 15 is 0 Å². The Morgan fingerprint density at radius 3 is 2.35 bits per heavy atom. The zero-order valence-electron chi connectivity index (χ0n) is 13.2. The third-order valence-electron chi connectivity index (χ3n) is 3.37. The van der Waals surface area contributed by atoms with Crippen LogP contribution in [0.4, 0.5) is 0 Å². The quantitative estimate of drug-likeness (QED) is 0.395. The normalized spacial score (nSPS) is 12.1. The number of hydrogen-bond acceptors (Lipinski definition) is 1. The Labute approximate surface area is 124 Å². The van der Waals surface area contributed by atoms with E-state index in [0.717, 1.165) is 12.2 Å². The number of unbranched alkanes of at least 4 members (excludes halogenated alkanes) is 3. The van der Waals surface area contributed by atoms with Gasteiger partial charge in [-0.05, 0) is 42.5 Å². The van der Waals surface area contributed by atoms with Gasteiger partial charge in [-0.1, -0.05) is 63.5 Å². The third kappa shape index (κ3) is 6.10. The molecule has 0 N–H and O–H groups in total. The minimum atomic E-state index is 0.920. The fourth-order valence-corrected chi connectivity index (χ4v) is 2.10. The highest BCUT2D eigenvalue weighted by atomic mass is 16.5. The molecule has 0 spiro atoms. The van der Waals surface area contributed by atoms with Crippen molar-refractivity contribution in [2.24, 2.45) is 0 Å². The van der Waals surface area contributed by atoms with Gasteiger partial charge in [0.2, 0.25) is 0 Å². The number of allylic oxidation sites excluding steroid dienone is 4. The van der Waals surface area contributed by atoms with E-state index in [4.69, 9.17) is 4.74 Å².